The predicted octanol–water partition coefficient (Wildman–Crippen LogP) is 1.85. The molecular formula is C11H26N2. The number of nitrogens with two attached hydrogens (primary N) is 1. The highest BCUT2D eigenvalue weighted by atomic mass is 14.9. The Hall–Kier alpha value is -0.0800. The lowest BCUT2D eigenvalue weighted by molar-refractivity contribution is 0.235. The molecule has 0 aliphatic heterocycles. The largest absolute Gasteiger partial charge is 0.330 e. The topological polar surface area (TPSA) is 38.0 Å². The molecule has 0 bridgehead atoms. The van der Waals surface area contributed by atoms with Gasteiger partial charge in [0.25, 0.3) is 0 Å². The van der Waals surface area contributed by atoms with Gasteiger partial charge in [-0.25, -0.2) is 0 Å². The van der Waals surface area contributed by atoms with E-state index >= 15 is 0 Å². The monoisotopic (exact) mass is 186 g/mol. The summed E-state index contributed by atoms with van der Waals surface area (Å²) in [6.45, 7) is 14.2. The third-order valence-corrected chi connectivity index (χ3v) is 3.04. The van der Waals surface area contributed by atoms with Crippen LogP contribution in [-0.2, 0) is 0 Å². The minimum absolute atomic E-state index is 0.383. The van der Waals surface area contributed by atoms with Crippen LogP contribution >= 0.6 is 0 Å². The second-order valence-electron chi connectivity index (χ2n) is 5.12. The van der Waals surface area contributed by atoms with E-state index in [1.54, 1.807) is 0 Å². The van der Waals surface area contributed by atoms with Crippen LogP contribution in [0.5, 0.6) is 0 Å². The first kappa shape index (κ1) is 12.9. The first-order chi connectivity index (χ1) is 5.90. The van der Waals surface area contributed by atoms with Crippen LogP contribution in [0.4, 0.5) is 0 Å². The molecule has 0 saturated heterocycles. The van der Waals surface area contributed by atoms with Gasteiger partial charge in [0.15, 0.2) is 0 Å². The van der Waals surface area contributed by atoms with E-state index in [2.05, 4.69) is 39.9 Å². The van der Waals surface area contributed by atoms with Crippen LogP contribution in [0.1, 0.15) is 34.6 Å². The predicted molar refractivity (Wildman–Crippen MR) is 59.7 cm³/mol. The molecule has 0 aromatic heterocycles. The molecule has 0 saturated carbocycles. The first-order valence-electron chi connectivity index (χ1n) is 5.31. The quantitative estimate of drug-likeness (QED) is 0.664. The molecule has 0 amide bonds. The molecule has 0 rings (SSSR count). The van der Waals surface area contributed by atoms with Crippen LogP contribution in [0.3, 0.4) is 0 Å². The fourth-order valence-corrected chi connectivity index (χ4v) is 0.928. The molecule has 80 valence electrons. The number of hydrogen-bond acceptors (Lipinski definition) is 2. The van der Waals surface area contributed by atoms with E-state index in [-0.39, 0.29) is 0 Å². The van der Waals surface area contributed by atoms with E-state index in [1.807, 2.05) is 0 Å². The molecule has 0 fully saturated rings. The standard InChI is InChI=1S/C11H26N2/c1-9(2)11(4,5)8-13-7-10(3)6-12/h9-10,13H,6-8,12H2,1-5H3. The van der Waals surface area contributed by atoms with E-state index in [0.29, 0.717) is 17.3 Å². The minimum Gasteiger partial charge on any atom is -0.330 e. The Morgan fingerprint density at radius 1 is 1.23 bits per heavy atom. The Kier molecular flexibility index (Phi) is 5.57. The van der Waals surface area contributed by atoms with Crippen molar-refractivity contribution in [2.75, 3.05) is 19.6 Å². The third-order valence-electron chi connectivity index (χ3n) is 3.04. The van der Waals surface area contributed by atoms with Crippen LogP contribution in [0.15, 0.2) is 0 Å². The smallest absolute Gasteiger partial charge is 0.000509 e. The maximum atomic E-state index is 5.54. The second kappa shape index (κ2) is 5.61. The van der Waals surface area contributed by atoms with Crippen molar-refractivity contribution in [2.45, 2.75) is 34.6 Å². The first-order valence-corrected chi connectivity index (χ1v) is 5.31. The van der Waals surface area contributed by atoms with Gasteiger partial charge in [0.05, 0.1) is 0 Å². The fraction of sp³-hybridized carbons (Fsp3) is 1.00. The summed E-state index contributed by atoms with van der Waals surface area (Å²) in [5.41, 5.74) is 5.92. The van der Waals surface area contributed by atoms with Crippen molar-refractivity contribution in [3.63, 3.8) is 0 Å². The zero-order valence-electron chi connectivity index (χ0n) is 9.85. The van der Waals surface area contributed by atoms with Crippen LogP contribution < -0.4 is 11.1 Å². The van der Waals surface area contributed by atoms with Crippen molar-refractivity contribution in [1.29, 1.82) is 0 Å². The molecule has 0 aliphatic rings. The van der Waals surface area contributed by atoms with E-state index in [0.717, 1.165) is 19.6 Å². The molecule has 2 heteroatoms. The molecule has 0 aliphatic carbocycles. The van der Waals surface area contributed by atoms with Gasteiger partial charge in [0.2, 0.25) is 0 Å². The van der Waals surface area contributed by atoms with Crippen molar-refractivity contribution < 1.29 is 0 Å². The summed E-state index contributed by atoms with van der Waals surface area (Å²) >= 11 is 0. The fourth-order valence-electron chi connectivity index (χ4n) is 0.928. The number of hydrogen-bond donors (Lipinski definition) is 2. The highest BCUT2D eigenvalue weighted by Gasteiger charge is 2.21. The maximum absolute atomic E-state index is 5.54. The summed E-state index contributed by atoms with van der Waals surface area (Å²) in [4.78, 5) is 0. The molecule has 1 unspecified atom stereocenters. The van der Waals surface area contributed by atoms with Crippen LogP contribution in [0, 0.1) is 17.3 Å². The summed E-state index contributed by atoms with van der Waals surface area (Å²) < 4.78 is 0. The van der Waals surface area contributed by atoms with Crippen molar-refractivity contribution in [3.05, 3.63) is 0 Å². The van der Waals surface area contributed by atoms with Crippen molar-refractivity contribution in [3.8, 4) is 0 Å². The Bertz CT molecular complexity index is 130. The van der Waals surface area contributed by atoms with Gasteiger partial charge in [-0.15, -0.1) is 0 Å². The lowest BCUT2D eigenvalue weighted by Gasteiger charge is -2.30. The third kappa shape index (κ3) is 5.27. The molecule has 3 N–H and O–H groups in total. The van der Waals surface area contributed by atoms with Crippen LogP contribution in [0.2, 0.25) is 0 Å². The van der Waals surface area contributed by atoms with Crippen LogP contribution in [-0.4, -0.2) is 19.6 Å². The average Bonchev–Trinajstić information content (AvgIpc) is 2.03. The van der Waals surface area contributed by atoms with Gasteiger partial charge in [-0.1, -0.05) is 34.6 Å². The highest BCUT2D eigenvalue weighted by molar-refractivity contribution is 4.75. The highest BCUT2D eigenvalue weighted by Crippen LogP contribution is 2.24. The summed E-state index contributed by atoms with van der Waals surface area (Å²) in [5.74, 6) is 1.30. The Balaban J connectivity index is 3.63. The van der Waals surface area contributed by atoms with E-state index < -0.39 is 0 Å². The zero-order valence-corrected chi connectivity index (χ0v) is 9.85. The molecule has 13 heavy (non-hydrogen) atoms. The van der Waals surface area contributed by atoms with Crippen LogP contribution in [0.25, 0.3) is 0 Å². The maximum Gasteiger partial charge on any atom is 0.000509 e. The van der Waals surface area contributed by atoms with E-state index in [1.165, 1.54) is 0 Å². The van der Waals surface area contributed by atoms with Gasteiger partial charge in [0.1, 0.15) is 0 Å². The van der Waals surface area contributed by atoms with Gasteiger partial charge in [-0.2, -0.15) is 0 Å². The van der Waals surface area contributed by atoms with Gasteiger partial charge in [-0.3, -0.25) is 0 Å². The Morgan fingerprint density at radius 3 is 2.15 bits per heavy atom. The molecule has 2 nitrogen and oxygen atoms in total. The number of rotatable bonds is 6. The van der Waals surface area contributed by atoms with Crippen molar-refractivity contribution in [1.82, 2.24) is 5.32 Å². The van der Waals surface area contributed by atoms with Gasteiger partial charge >= 0.3 is 0 Å². The molecule has 0 aromatic carbocycles. The Morgan fingerprint density at radius 2 is 1.77 bits per heavy atom. The zero-order chi connectivity index (χ0) is 10.5. The van der Waals surface area contributed by atoms with E-state index in [9.17, 15) is 0 Å². The van der Waals surface area contributed by atoms with Crippen molar-refractivity contribution >= 4 is 0 Å². The summed E-state index contributed by atoms with van der Waals surface area (Å²) in [5, 5.41) is 3.48. The summed E-state index contributed by atoms with van der Waals surface area (Å²) in [6.07, 6.45) is 0. The number of nitrogens with one attached hydrogen (secondary N) is 1. The molecular weight excluding hydrogens is 160 g/mol. The molecule has 0 heterocycles. The Labute approximate surface area is 83.3 Å². The molecule has 0 spiro atoms. The lowest BCUT2D eigenvalue weighted by Crippen LogP contribution is -2.36. The average molecular weight is 186 g/mol. The molecule has 0 radical (unpaired) electrons. The second-order valence-corrected chi connectivity index (χ2v) is 5.12. The molecule has 1 atom stereocenters. The van der Waals surface area contributed by atoms with Gasteiger partial charge < -0.3 is 11.1 Å². The van der Waals surface area contributed by atoms with Crippen molar-refractivity contribution in [2.24, 2.45) is 23.0 Å². The van der Waals surface area contributed by atoms with Gasteiger partial charge in [-0.05, 0) is 30.3 Å². The summed E-state index contributed by atoms with van der Waals surface area (Å²) in [7, 11) is 0. The van der Waals surface area contributed by atoms with E-state index in [4.69, 9.17) is 5.73 Å². The normalized spacial score (nSPS) is 15.0. The SMILES string of the molecule is CC(CN)CNCC(C)(C)C(C)C. The summed E-state index contributed by atoms with van der Waals surface area (Å²) in [6, 6.07) is 0. The van der Waals surface area contributed by atoms with Gasteiger partial charge in [0, 0.05) is 6.54 Å². The minimum atomic E-state index is 0.383. The molecule has 0 aromatic rings. The lowest BCUT2D eigenvalue weighted by atomic mass is 9.81.